The molecular formula is C15H26BNO4. The molecule has 0 aromatic heterocycles. The van der Waals surface area contributed by atoms with Gasteiger partial charge in [0.2, 0.25) is 0 Å². The first kappa shape index (κ1) is 15.3. The average Bonchev–Trinajstić information content (AvgIpc) is 2.74. The SMILES string of the molecule is CC1(C)[C@@H]2C[C@@H]3OB([C@@H](N)CCCC(=O)O)O[C@@]3(C)[C@H]1C2. The maximum atomic E-state index is 10.6. The molecule has 4 rings (SSSR count). The quantitative estimate of drug-likeness (QED) is 0.756. The second-order valence-electron chi connectivity index (χ2n) is 7.79. The predicted octanol–water partition coefficient (Wildman–Crippen LogP) is 1.84. The Bertz CT molecular complexity index is 443. The van der Waals surface area contributed by atoms with E-state index in [2.05, 4.69) is 20.8 Å². The minimum Gasteiger partial charge on any atom is -0.481 e. The summed E-state index contributed by atoms with van der Waals surface area (Å²) in [6, 6.07) is 0. The van der Waals surface area contributed by atoms with E-state index in [1.54, 1.807) is 0 Å². The Hall–Kier alpha value is -0.585. The smallest absolute Gasteiger partial charge is 0.475 e. The van der Waals surface area contributed by atoms with Crippen molar-refractivity contribution >= 4 is 13.1 Å². The summed E-state index contributed by atoms with van der Waals surface area (Å²) < 4.78 is 12.4. The van der Waals surface area contributed by atoms with Crippen LogP contribution in [0.5, 0.6) is 0 Å². The summed E-state index contributed by atoms with van der Waals surface area (Å²) in [5.74, 6) is 0.238. The topological polar surface area (TPSA) is 81.8 Å². The maximum Gasteiger partial charge on any atom is 0.475 e. The van der Waals surface area contributed by atoms with Crippen LogP contribution in [-0.2, 0) is 14.1 Å². The van der Waals surface area contributed by atoms with Gasteiger partial charge in [-0.25, -0.2) is 0 Å². The zero-order chi connectivity index (χ0) is 15.4. The van der Waals surface area contributed by atoms with E-state index in [0.29, 0.717) is 24.2 Å². The molecule has 1 heterocycles. The first-order chi connectivity index (χ1) is 9.75. The van der Waals surface area contributed by atoms with Gasteiger partial charge in [-0.2, -0.15) is 0 Å². The van der Waals surface area contributed by atoms with Crippen molar-refractivity contribution in [2.24, 2.45) is 23.0 Å². The Kier molecular flexibility index (Phi) is 3.62. The second-order valence-corrected chi connectivity index (χ2v) is 7.79. The first-order valence-electron chi connectivity index (χ1n) is 8.06. The predicted molar refractivity (Wildman–Crippen MR) is 79.6 cm³/mol. The number of aliphatic carboxylic acids is 1. The van der Waals surface area contributed by atoms with E-state index >= 15 is 0 Å². The van der Waals surface area contributed by atoms with Crippen LogP contribution in [0.1, 0.15) is 52.9 Å². The number of nitrogens with two attached hydrogens (primary N) is 1. The highest BCUT2D eigenvalue weighted by atomic mass is 16.7. The zero-order valence-corrected chi connectivity index (χ0v) is 13.2. The van der Waals surface area contributed by atoms with Crippen LogP contribution in [-0.4, -0.2) is 35.8 Å². The molecule has 118 valence electrons. The fourth-order valence-electron chi connectivity index (χ4n) is 4.71. The summed E-state index contributed by atoms with van der Waals surface area (Å²) >= 11 is 0. The molecule has 0 amide bonds. The number of carbonyl (C=O) groups is 1. The number of carboxylic acids is 1. The van der Waals surface area contributed by atoms with Gasteiger partial charge in [0.05, 0.1) is 11.7 Å². The largest absolute Gasteiger partial charge is 0.481 e. The fourth-order valence-corrected chi connectivity index (χ4v) is 4.71. The summed E-state index contributed by atoms with van der Waals surface area (Å²) in [5, 5.41) is 8.70. The van der Waals surface area contributed by atoms with Crippen LogP contribution in [0, 0.1) is 17.3 Å². The molecule has 0 aromatic carbocycles. The number of carboxylic acid groups (broad SMARTS) is 1. The molecule has 0 spiro atoms. The normalized spacial score (nSPS) is 41.3. The molecule has 5 nitrogen and oxygen atoms in total. The van der Waals surface area contributed by atoms with Gasteiger partial charge in [0.15, 0.2) is 0 Å². The van der Waals surface area contributed by atoms with Gasteiger partial charge in [-0.15, -0.1) is 0 Å². The van der Waals surface area contributed by atoms with Crippen LogP contribution in [0.3, 0.4) is 0 Å². The maximum absolute atomic E-state index is 10.6. The molecule has 2 bridgehead atoms. The van der Waals surface area contributed by atoms with E-state index in [0.717, 1.165) is 12.3 Å². The Morgan fingerprint density at radius 1 is 1.43 bits per heavy atom. The van der Waals surface area contributed by atoms with Crippen molar-refractivity contribution in [2.75, 3.05) is 0 Å². The monoisotopic (exact) mass is 295 g/mol. The summed E-state index contributed by atoms with van der Waals surface area (Å²) in [6.45, 7) is 6.83. The van der Waals surface area contributed by atoms with Gasteiger partial charge in [0, 0.05) is 12.4 Å². The van der Waals surface area contributed by atoms with Crippen molar-refractivity contribution in [1.29, 1.82) is 0 Å². The summed E-state index contributed by atoms with van der Waals surface area (Å²) in [6.07, 6.45) is 3.77. The van der Waals surface area contributed by atoms with Crippen LogP contribution in [0.25, 0.3) is 0 Å². The van der Waals surface area contributed by atoms with Crippen molar-refractivity contribution in [1.82, 2.24) is 0 Å². The molecule has 1 saturated heterocycles. The summed E-state index contributed by atoms with van der Waals surface area (Å²) in [5.41, 5.74) is 6.26. The lowest BCUT2D eigenvalue weighted by Gasteiger charge is -2.64. The van der Waals surface area contributed by atoms with Gasteiger partial charge in [-0.05, 0) is 49.9 Å². The van der Waals surface area contributed by atoms with Crippen LogP contribution in [0.15, 0.2) is 0 Å². The molecule has 6 heteroatoms. The standard InChI is InChI=1S/C15H26BNO4/c1-14(2)9-7-10(14)15(3)11(8-9)20-16(21-15)12(17)5-4-6-13(18)19/h9-12H,4-8,17H2,1-3H3,(H,18,19)/t9-,10-,11-,12-,15-/m0/s1. The van der Waals surface area contributed by atoms with Gasteiger partial charge in [0.1, 0.15) is 0 Å². The van der Waals surface area contributed by atoms with Crippen molar-refractivity contribution in [3.8, 4) is 0 Å². The molecule has 1 aliphatic heterocycles. The Balaban J connectivity index is 1.61. The molecule has 5 atom stereocenters. The minimum absolute atomic E-state index is 0.143. The van der Waals surface area contributed by atoms with Gasteiger partial charge in [0.25, 0.3) is 0 Å². The van der Waals surface area contributed by atoms with E-state index in [9.17, 15) is 4.79 Å². The van der Waals surface area contributed by atoms with Crippen LogP contribution < -0.4 is 5.73 Å². The third-order valence-corrected chi connectivity index (χ3v) is 6.25. The van der Waals surface area contributed by atoms with E-state index in [1.807, 2.05) is 0 Å². The molecule has 4 aliphatic rings. The first-order valence-corrected chi connectivity index (χ1v) is 8.06. The highest BCUT2D eigenvalue weighted by Crippen LogP contribution is 2.65. The highest BCUT2D eigenvalue weighted by molar-refractivity contribution is 6.47. The average molecular weight is 295 g/mol. The molecule has 3 aliphatic carbocycles. The van der Waals surface area contributed by atoms with Crippen molar-refractivity contribution < 1.29 is 19.2 Å². The number of rotatable bonds is 5. The zero-order valence-electron chi connectivity index (χ0n) is 13.2. The Morgan fingerprint density at radius 3 is 2.76 bits per heavy atom. The fraction of sp³-hybridized carbons (Fsp3) is 0.933. The lowest BCUT2D eigenvalue weighted by molar-refractivity contribution is -0.199. The van der Waals surface area contributed by atoms with E-state index in [-0.39, 0.29) is 31.2 Å². The van der Waals surface area contributed by atoms with Crippen LogP contribution in [0.2, 0.25) is 0 Å². The van der Waals surface area contributed by atoms with Crippen molar-refractivity contribution in [2.45, 2.75) is 70.5 Å². The summed E-state index contributed by atoms with van der Waals surface area (Å²) in [4.78, 5) is 10.6. The van der Waals surface area contributed by atoms with Crippen molar-refractivity contribution in [3.05, 3.63) is 0 Å². The lowest BCUT2D eigenvalue weighted by Crippen LogP contribution is -2.65. The third-order valence-electron chi connectivity index (χ3n) is 6.25. The Morgan fingerprint density at radius 2 is 2.14 bits per heavy atom. The molecule has 3 saturated carbocycles. The van der Waals surface area contributed by atoms with Crippen LogP contribution >= 0.6 is 0 Å². The molecule has 0 aromatic rings. The summed E-state index contributed by atoms with van der Waals surface area (Å²) in [7, 11) is -0.385. The van der Waals surface area contributed by atoms with Gasteiger partial charge in [-0.3, -0.25) is 4.79 Å². The van der Waals surface area contributed by atoms with E-state index < -0.39 is 5.97 Å². The van der Waals surface area contributed by atoms with Gasteiger partial charge in [-0.1, -0.05) is 13.8 Å². The lowest BCUT2D eigenvalue weighted by atomic mass is 9.43. The number of hydrogen-bond acceptors (Lipinski definition) is 4. The molecule has 3 N–H and O–H groups in total. The number of hydrogen-bond donors (Lipinski definition) is 2. The second kappa shape index (κ2) is 4.96. The van der Waals surface area contributed by atoms with Gasteiger partial charge < -0.3 is 20.1 Å². The van der Waals surface area contributed by atoms with Gasteiger partial charge >= 0.3 is 13.1 Å². The van der Waals surface area contributed by atoms with E-state index in [4.69, 9.17) is 20.1 Å². The van der Waals surface area contributed by atoms with Crippen molar-refractivity contribution in [3.63, 3.8) is 0 Å². The Labute approximate surface area is 126 Å². The molecular weight excluding hydrogens is 269 g/mol. The molecule has 4 fully saturated rings. The van der Waals surface area contributed by atoms with Crippen LogP contribution in [0.4, 0.5) is 0 Å². The molecule has 21 heavy (non-hydrogen) atoms. The van der Waals surface area contributed by atoms with E-state index in [1.165, 1.54) is 6.42 Å². The third kappa shape index (κ3) is 2.32. The minimum atomic E-state index is -0.779. The molecule has 0 unspecified atom stereocenters. The highest BCUT2D eigenvalue weighted by Gasteiger charge is 2.68. The molecule has 0 radical (unpaired) electrons.